The van der Waals surface area contributed by atoms with E-state index in [0.717, 1.165) is 12.1 Å². The lowest BCUT2D eigenvalue weighted by Crippen LogP contribution is -2.25. The van der Waals surface area contributed by atoms with Crippen LogP contribution in [0.3, 0.4) is 0 Å². The highest BCUT2D eigenvalue weighted by atomic mass is 32.2. The van der Waals surface area contributed by atoms with Gasteiger partial charge in [0.05, 0.1) is 21.9 Å². The Bertz CT molecular complexity index is 1030. The van der Waals surface area contributed by atoms with Crippen molar-refractivity contribution in [3.05, 3.63) is 54.1 Å². The second kappa shape index (κ2) is 6.71. The molecule has 2 aromatic carbocycles. The van der Waals surface area contributed by atoms with Crippen LogP contribution in [0.2, 0.25) is 0 Å². The molecule has 1 saturated heterocycles. The van der Waals surface area contributed by atoms with Crippen molar-refractivity contribution in [3.8, 4) is 0 Å². The lowest BCUT2D eigenvalue weighted by molar-refractivity contribution is -0.137. The minimum atomic E-state index is -4.55. The summed E-state index contributed by atoms with van der Waals surface area (Å²) in [5.41, 5.74) is -0.363. The Kier molecular flexibility index (Phi) is 4.85. The zero-order chi connectivity index (χ0) is 19.9. The van der Waals surface area contributed by atoms with Crippen molar-refractivity contribution in [1.29, 1.82) is 0 Å². The van der Waals surface area contributed by atoms with Gasteiger partial charge in [0.1, 0.15) is 0 Å². The van der Waals surface area contributed by atoms with E-state index in [9.17, 15) is 30.0 Å². The molecule has 0 unspecified atom stereocenters. The third-order valence-electron chi connectivity index (χ3n) is 4.00. The van der Waals surface area contributed by atoms with Gasteiger partial charge in [-0.05, 0) is 55.0 Å². The quantitative estimate of drug-likeness (QED) is 0.824. The Balaban J connectivity index is 1.78. The van der Waals surface area contributed by atoms with Gasteiger partial charge in [0.2, 0.25) is 10.0 Å². The molecule has 0 spiro atoms. The van der Waals surface area contributed by atoms with Gasteiger partial charge in [-0.2, -0.15) is 13.2 Å². The fourth-order valence-electron chi connectivity index (χ4n) is 2.66. The first-order valence-electron chi connectivity index (χ1n) is 7.80. The summed E-state index contributed by atoms with van der Waals surface area (Å²) in [5, 5.41) is 0. The SMILES string of the molecule is O=S(=O)(Nc1ccc(N2CCCS2(=O)=O)cc1)c1ccc(C(F)(F)F)cc1. The van der Waals surface area contributed by atoms with Crippen LogP contribution in [0.5, 0.6) is 0 Å². The number of anilines is 2. The van der Waals surface area contributed by atoms with E-state index in [2.05, 4.69) is 4.72 Å². The van der Waals surface area contributed by atoms with Crippen LogP contribution in [-0.4, -0.2) is 29.1 Å². The summed E-state index contributed by atoms with van der Waals surface area (Å²) in [5.74, 6) is 0.0648. The van der Waals surface area contributed by atoms with Gasteiger partial charge in [-0.15, -0.1) is 0 Å². The summed E-state index contributed by atoms with van der Waals surface area (Å²) in [6.45, 7) is 0.360. The van der Waals surface area contributed by atoms with Crippen molar-refractivity contribution < 1.29 is 30.0 Å². The summed E-state index contributed by atoms with van der Waals surface area (Å²) in [6.07, 6.45) is -4.04. The monoisotopic (exact) mass is 420 g/mol. The zero-order valence-corrected chi connectivity index (χ0v) is 15.4. The standard InChI is InChI=1S/C16H15F3N2O4S2/c17-16(18,19)12-2-8-15(9-3-12)27(24,25)20-13-4-6-14(7-5-13)21-10-1-11-26(21,22)23/h2-9,20H,1,10-11H2. The van der Waals surface area contributed by atoms with Gasteiger partial charge in [0.25, 0.3) is 10.0 Å². The number of hydrogen-bond acceptors (Lipinski definition) is 4. The molecule has 0 aromatic heterocycles. The molecule has 1 aliphatic rings. The Hall–Kier alpha value is -2.27. The molecular weight excluding hydrogens is 405 g/mol. The molecule has 3 rings (SSSR count). The second-order valence-corrected chi connectivity index (χ2v) is 9.61. The average molecular weight is 420 g/mol. The lowest BCUT2D eigenvalue weighted by Gasteiger charge is -2.17. The molecule has 1 heterocycles. The van der Waals surface area contributed by atoms with Crippen LogP contribution in [0.25, 0.3) is 0 Å². The Morgan fingerprint density at radius 1 is 0.963 bits per heavy atom. The molecule has 27 heavy (non-hydrogen) atoms. The molecule has 146 valence electrons. The lowest BCUT2D eigenvalue weighted by atomic mass is 10.2. The van der Waals surface area contributed by atoms with Crippen LogP contribution in [0.15, 0.2) is 53.4 Å². The number of alkyl halides is 3. The number of sulfonamides is 2. The van der Waals surface area contributed by atoms with E-state index < -0.39 is 31.8 Å². The van der Waals surface area contributed by atoms with E-state index in [1.807, 2.05) is 0 Å². The number of hydrogen-bond donors (Lipinski definition) is 1. The molecule has 11 heteroatoms. The first-order chi connectivity index (χ1) is 12.5. The fourth-order valence-corrected chi connectivity index (χ4v) is 5.29. The van der Waals surface area contributed by atoms with Crippen molar-refractivity contribution in [2.75, 3.05) is 21.3 Å². The highest BCUT2D eigenvalue weighted by Crippen LogP contribution is 2.30. The molecule has 0 bridgehead atoms. The van der Waals surface area contributed by atoms with E-state index in [4.69, 9.17) is 0 Å². The third kappa shape index (κ3) is 4.19. The topological polar surface area (TPSA) is 83.6 Å². The summed E-state index contributed by atoms with van der Waals surface area (Å²) in [4.78, 5) is -0.318. The molecule has 1 N–H and O–H groups in total. The van der Waals surface area contributed by atoms with Crippen molar-refractivity contribution in [2.24, 2.45) is 0 Å². The van der Waals surface area contributed by atoms with Crippen molar-refractivity contribution in [1.82, 2.24) is 0 Å². The Labute approximate surface area is 154 Å². The van der Waals surface area contributed by atoms with E-state index in [-0.39, 0.29) is 16.3 Å². The third-order valence-corrected chi connectivity index (χ3v) is 7.27. The number of nitrogens with one attached hydrogen (secondary N) is 1. The number of benzene rings is 2. The normalized spacial score (nSPS) is 17.1. The van der Waals surface area contributed by atoms with Gasteiger partial charge in [0.15, 0.2) is 0 Å². The minimum absolute atomic E-state index is 0.0648. The van der Waals surface area contributed by atoms with Crippen molar-refractivity contribution in [2.45, 2.75) is 17.5 Å². The highest BCUT2D eigenvalue weighted by molar-refractivity contribution is 7.93. The van der Waals surface area contributed by atoms with E-state index in [1.54, 1.807) is 0 Å². The predicted octanol–water partition coefficient (Wildman–Crippen LogP) is 3.05. The molecule has 0 atom stereocenters. The van der Waals surface area contributed by atoms with Gasteiger partial charge < -0.3 is 0 Å². The molecule has 0 amide bonds. The first-order valence-corrected chi connectivity index (χ1v) is 10.9. The van der Waals surface area contributed by atoms with Crippen LogP contribution in [0.4, 0.5) is 24.5 Å². The first kappa shape index (κ1) is 19.5. The van der Waals surface area contributed by atoms with E-state index >= 15 is 0 Å². The summed E-state index contributed by atoms with van der Waals surface area (Å²) < 4.78 is 89.6. The second-order valence-electron chi connectivity index (χ2n) is 5.92. The number of rotatable bonds is 4. The van der Waals surface area contributed by atoms with Gasteiger partial charge in [-0.25, -0.2) is 16.8 Å². The maximum absolute atomic E-state index is 12.6. The molecule has 1 fully saturated rings. The molecule has 0 aliphatic carbocycles. The van der Waals surface area contributed by atoms with Crippen LogP contribution in [-0.2, 0) is 26.2 Å². The number of nitrogens with zero attached hydrogens (tertiary/aromatic N) is 1. The van der Waals surface area contributed by atoms with Gasteiger partial charge in [0, 0.05) is 12.2 Å². The van der Waals surface area contributed by atoms with Crippen molar-refractivity contribution >= 4 is 31.4 Å². The van der Waals surface area contributed by atoms with Crippen LogP contribution in [0, 0.1) is 0 Å². The molecule has 0 radical (unpaired) electrons. The zero-order valence-electron chi connectivity index (χ0n) is 13.8. The van der Waals surface area contributed by atoms with Crippen LogP contribution < -0.4 is 9.03 Å². The van der Waals surface area contributed by atoms with Crippen molar-refractivity contribution in [3.63, 3.8) is 0 Å². The van der Waals surface area contributed by atoms with E-state index in [1.165, 1.54) is 28.6 Å². The smallest absolute Gasteiger partial charge is 0.280 e. The summed E-state index contributed by atoms with van der Waals surface area (Å²) in [6, 6.07) is 8.84. The molecule has 0 saturated carbocycles. The Morgan fingerprint density at radius 2 is 1.56 bits per heavy atom. The van der Waals surface area contributed by atoms with Crippen LogP contribution in [0.1, 0.15) is 12.0 Å². The molecular formula is C16H15F3N2O4S2. The summed E-state index contributed by atoms with van der Waals surface area (Å²) in [7, 11) is -7.42. The molecule has 6 nitrogen and oxygen atoms in total. The van der Waals surface area contributed by atoms with Gasteiger partial charge in [-0.1, -0.05) is 0 Å². The van der Waals surface area contributed by atoms with E-state index in [0.29, 0.717) is 30.8 Å². The minimum Gasteiger partial charge on any atom is -0.280 e. The van der Waals surface area contributed by atoms with Gasteiger partial charge >= 0.3 is 6.18 Å². The predicted molar refractivity (Wildman–Crippen MR) is 94.4 cm³/mol. The number of halogens is 3. The highest BCUT2D eigenvalue weighted by Gasteiger charge is 2.31. The maximum atomic E-state index is 12.6. The maximum Gasteiger partial charge on any atom is 0.416 e. The fraction of sp³-hybridized carbons (Fsp3) is 0.250. The van der Waals surface area contributed by atoms with Gasteiger partial charge in [-0.3, -0.25) is 9.03 Å². The summed E-state index contributed by atoms with van der Waals surface area (Å²) >= 11 is 0. The molecule has 2 aromatic rings. The van der Waals surface area contributed by atoms with Crippen LogP contribution >= 0.6 is 0 Å². The Morgan fingerprint density at radius 3 is 2.04 bits per heavy atom. The molecule has 1 aliphatic heterocycles. The largest absolute Gasteiger partial charge is 0.416 e. The average Bonchev–Trinajstić information content (AvgIpc) is 2.94.